The Morgan fingerprint density at radius 3 is 2.58 bits per heavy atom. The average Bonchev–Trinajstić information content (AvgIpc) is 2.88. The van der Waals surface area contributed by atoms with Crippen molar-refractivity contribution in [2.75, 3.05) is 18.4 Å². The molecule has 6 heteroatoms. The Morgan fingerprint density at radius 2 is 1.83 bits per heavy atom. The largest absolute Gasteiger partial charge is 0.354 e. The van der Waals surface area contributed by atoms with Gasteiger partial charge in [0.25, 0.3) is 5.91 Å². The molecular formula is C18H19Cl2N3O. The summed E-state index contributed by atoms with van der Waals surface area (Å²) in [6.45, 7) is 1.61. The third-order valence-electron chi connectivity index (χ3n) is 4.10. The minimum atomic E-state index is -0.0160. The second-order valence-corrected chi connectivity index (χ2v) is 6.65. The number of rotatable bonds is 3. The Hall–Kier alpha value is -1.78. The van der Waals surface area contributed by atoms with Crippen molar-refractivity contribution in [3.05, 3.63) is 52.3 Å². The number of anilines is 2. The van der Waals surface area contributed by atoms with Crippen LogP contribution in [-0.2, 0) is 0 Å². The van der Waals surface area contributed by atoms with Crippen molar-refractivity contribution in [2.45, 2.75) is 25.7 Å². The number of nitrogens with one attached hydrogen (secondary N) is 1. The zero-order valence-electron chi connectivity index (χ0n) is 13.3. The molecule has 2 aromatic rings. The molecule has 4 nitrogen and oxygen atoms in total. The van der Waals surface area contributed by atoms with Crippen LogP contribution in [0.5, 0.6) is 0 Å². The number of carbonyl (C=O) groups is 1. The molecule has 1 amide bonds. The highest BCUT2D eigenvalue weighted by atomic mass is 35.5. The van der Waals surface area contributed by atoms with E-state index in [0.717, 1.165) is 31.6 Å². The number of carbonyl (C=O) groups excluding carboxylic acids is 1. The Balaban J connectivity index is 1.78. The molecule has 0 saturated carbocycles. The lowest BCUT2D eigenvalue weighted by Crippen LogP contribution is -2.32. The molecule has 1 aromatic heterocycles. The molecule has 1 saturated heterocycles. The molecule has 0 atom stereocenters. The molecule has 1 aliphatic rings. The molecule has 0 aliphatic carbocycles. The van der Waals surface area contributed by atoms with Gasteiger partial charge < -0.3 is 10.2 Å². The third-order valence-corrected chi connectivity index (χ3v) is 4.92. The first kappa shape index (κ1) is 17.1. The average molecular weight is 364 g/mol. The Morgan fingerprint density at radius 1 is 1.08 bits per heavy atom. The van der Waals surface area contributed by atoms with Crippen LogP contribution in [0.4, 0.5) is 11.4 Å². The van der Waals surface area contributed by atoms with Gasteiger partial charge in [0, 0.05) is 25.0 Å². The summed E-state index contributed by atoms with van der Waals surface area (Å²) in [5.41, 5.74) is 1.90. The minimum Gasteiger partial charge on any atom is -0.354 e. The van der Waals surface area contributed by atoms with Crippen LogP contribution in [0.3, 0.4) is 0 Å². The second kappa shape index (κ2) is 7.86. The number of aromatic nitrogens is 1. The van der Waals surface area contributed by atoms with Crippen molar-refractivity contribution in [2.24, 2.45) is 0 Å². The van der Waals surface area contributed by atoms with Crippen molar-refractivity contribution in [1.82, 2.24) is 9.88 Å². The lowest BCUT2D eigenvalue weighted by Gasteiger charge is -2.20. The number of halogens is 2. The first-order chi connectivity index (χ1) is 11.6. The Kier molecular flexibility index (Phi) is 5.59. The van der Waals surface area contributed by atoms with E-state index >= 15 is 0 Å². The standard InChI is InChI=1S/C18H19Cl2N3O/c19-14-6-5-7-15(17(14)20)22-13-8-9-21-16(12-13)18(24)23-10-3-1-2-4-11-23/h5-9,12H,1-4,10-11H2,(H,21,22). The van der Waals surface area contributed by atoms with E-state index in [1.165, 1.54) is 12.8 Å². The highest BCUT2D eigenvalue weighted by Crippen LogP contribution is 2.31. The van der Waals surface area contributed by atoms with E-state index in [4.69, 9.17) is 23.2 Å². The Bertz CT molecular complexity index is 728. The summed E-state index contributed by atoms with van der Waals surface area (Å²) in [7, 11) is 0. The van der Waals surface area contributed by atoms with Crippen LogP contribution < -0.4 is 5.32 Å². The SMILES string of the molecule is O=C(c1cc(Nc2cccc(Cl)c2Cl)ccn1)N1CCCCCC1. The van der Waals surface area contributed by atoms with Gasteiger partial charge in [-0.25, -0.2) is 0 Å². The normalized spacial score (nSPS) is 15.0. The van der Waals surface area contributed by atoms with Gasteiger partial charge in [-0.2, -0.15) is 0 Å². The minimum absolute atomic E-state index is 0.0160. The highest BCUT2D eigenvalue weighted by Gasteiger charge is 2.18. The number of likely N-dealkylation sites (tertiary alicyclic amines) is 1. The smallest absolute Gasteiger partial charge is 0.272 e. The van der Waals surface area contributed by atoms with Crippen molar-refractivity contribution < 1.29 is 4.79 Å². The molecule has 126 valence electrons. The third kappa shape index (κ3) is 4.00. The number of pyridine rings is 1. The van der Waals surface area contributed by atoms with E-state index in [1.54, 1.807) is 24.4 Å². The molecule has 1 aromatic carbocycles. The highest BCUT2D eigenvalue weighted by molar-refractivity contribution is 6.43. The lowest BCUT2D eigenvalue weighted by atomic mass is 10.2. The lowest BCUT2D eigenvalue weighted by molar-refractivity contribution is 0.0756. The summed E-state index contributed by atoms with van der Waals surface area (Å²) < 4.78 is 0. The summed E-state index contributed by atoms with van der Waals surface area (Å²) in [6, 6.07) is 8.95. The summed E-state index contributed by atoms with van der Waals surface area (Å²) in [4.78, 5) is 18.8. The van der Waals surface area contributed by atoms with E-state index in [0.29, 0.717) is 21.4 Å². The predicted molar refractivity (Wildman–Crippen MR) is 98.4 cm³/mol. The van der Waals surface area contributed by atoms with Gasteiger partial charge in [-0.15, -0.1) is 0 Å². The first-order valence-corrected chi connectivity index (χ1v) is 8.87. The van der Waals surface area contributed by atoms with Gasteiger partial charge in [0.1, 0.15) is 5.69 Å². The van der Waals surface area contributed by atoms with Gasteiger partial charge in [-0.1, -0.05) is 42.1 Å². The van der Waals surface area contributed by atoms with Gasteiger partial charge in [0.05, 0.1) is 15.7 Å². The van der Waals surface area contributed by atoms with Crippen LogP contribution in [0.15, 0.2) is 36.5 Å². The molecule has 24 heavy (non-hydrogen) atoms. The van der Waals surface area contributed by atoms with E-state index in [2.05, 4.69) is 10.3 Å². The van der Waals surface area contributed by atoms with E-state index in [9.17, 15) is 4.79 Å². The van der Waals surface area contributed by atoms with E-state index in [-0.39, 0.29) is 5.91 Å². The zero-order chi connectivity index (χ0) is 16.9. The summed E-state index contributed by atoms with van der Waals surface area (Å²) in [5, 5.41) is 4.13. The number of hydrogen-bond acceptors (Lipinski definition) is 3. The molecule has 0 bridgehead atoms. The predicted octanol–water partition coefficient (Wildman–Crippen LogP) is 5.15. The number of benzene rings is 1. The van der Waals surface area contributed by atoms with Crippen molar-refractivity contribution in [3.63, 3.8) is 0 Å². The second-order valence-electron chi connectivity index (χ2n) is 5.86. The van der Waals surface area contributed by atoms with Gasteiger partial charge in [0.15, 0.2) is 0 Å². The fourth-order valence-corrected chi connectivity index (χ4v) is 3.16. The van der Waals surface area contributed by atoms with E-state index < -0.39 is 0 Å². The van der Waals surface area contributed by atoms with Crippen LogP contribution in [0.25, 0.3) is 0 Å². The number of hydrogen-bond donors (Lipinski definition) is 1. The summed E-state index contributed by atoms with van der Waals surface area (Å²) in [5.74, 6) is -0.0160. The molecule has 0 unspecified atom stereocenters. The van der Waals surface area contributed by atoms with Gasteiger partial charge in [-0.3, -0.25) is 9.78 Å². The monoisotopic (exact) mass is 363 g/mol. The molecule has 3 rings (SSSR count). The number of amides is 1. The molecular weight excluding hydrogens is 345 g/mol. The fourth-order valence-electron chi connectivity index (χ4n) is 2.82. The maximum Gasteiger partial charge on any atom is 0.272 e. The molecule has 2 heterocycles. The summed E-state index contributed by atoms with van der Waals surface area (Å²) in [6.07, 6.45) is 6.12. The van der Waals surface area contributed by atoms with Gasteiger partial charge >= 0.3 is 0 Å². The fraction of sp³-hybridized carbons (Fsp3) is 0.333. The van der Waals surface area contributed by atoms with E-state index in [1.807, 2.05) is 17.0 Å². The maximum absolute atomic E-state index is 12.7. The van der Waals surface area contributed by atoms with Crippen LogP contribution in [0, 0.1) is 0 Å². The van der Waals surface area contributed by atoms with Crippen LogP contribution in [0.1, 0.15) is 36.2 Å². The van der Waals surface area contributed by atoms with Gasteiger partial charge in [-0.05, 0) is 37.1 Å². The first-order valence-electron chi connectivity index (χ1n) is 8.11. The zero-order valence-corrected chi connectivity index (χ0v) is 14.8. The quantitative estimate of drug-likeness (QED) is 0.819. The number of nitrogens with zero attached hydrogens (tertiary/aromatic N) is 2. The molecule has 1 aliphatic heterocycles. The summed E-state index contributed by atoms with van der Waals surface area (Å²) >= 11 is 12.2. The van der Waals surface area contributed by atoms with Gasteiger partial charge in [0.2, 0.25) is 0 Å². The molecule has 1 N–H and O–H groups in total. The van der Waals surface area contributed by atoms with Crippen LogP contribution in [-0.4, -0.2) is 28.9 Å². The maximum atomic E-state index is 12.7. The van der Waals surface area contributed by atoms with Crippen molar-refractivity contribution in [1.29, 1.82) is 0 Å². The molecule has 0 spiro atoms. The Labute approximate surface area is 151 Å². The molecule has 1 fully saturated rings. The van der Waals surface area contributed by atoms with Crippen molar-refractivity contribution in [3.8, 4) is 0 Å². The van der Waals surface area contributed by atoms with Crippen molar-refractivity contribution >= 4 is 40.5 Å². The molecule has 0 radical (unpaired) electrons. The van der Waals surface area contributed by atoms with Crippen LogP contribution >= 0.6 is 23.2 Å². The van der Waals surface area contributed by atoms with Crippen LogP contribution in [0.2, 0.25) is 10.0 Å². The topological polar surface area (TPSA) is 45.2 Å².